The van der Waals surface area contributed by atoms with Gasteiger partial charge in [0.1, 0.15) is 6.01 Å². The number of benzene rings is 1. The molecular weight excluding hydrogens is 171 g/mol. The van der Waals surface area contributed by atoms with Crippen molar-refractivity contribution in [2.75, 3.05) is 6.01 Å². The topological polar surface area (TPSA) is 0 Å². The Morgan fingerprint density at radius 2 is 2.10 bits per heavy atom. The molecule has 0 N–H and O–H groups in total. The van der Waals surface area contributed by atoms with Crippen LogP contribution in [-0.4, -0.2) is 6.01 Å². The minimum Gasteiger partial charge on any atom is -0.239 e. The van der Waals surface area contributed by atoms with Crippen LogP contribution in [-0.2, 0) is 0 Å². The number of halogens is 2. The Kier molecular flexibility index (Phi) is 3.03. The molecule has 0 unspecified atom stereocenters. The summed E-state index contributed by atoms with van der Waals surface area (Å²) in [6, 6.07) is 6.78. The Morgan fingerprint density at radius 3 is 2.70 bits per heavy atom. The molecule has 0 heterocycles. The summed E-state index contributed by atoms with van der Waals surface area (Å²) in [5.41, 5.74) is 0. The molecule has 0 bridgehead atoms. The molecule has 0 aliphatic rings. The second-order valence-electron chi connectivity index (χ2n) is 1.68. The molecule has 1 rings (SSSR count). The summed E-state index contributed by atoms with van der Waals surface area (Å²) in [6.45, 7) is 0. The van der Waals surface area contributed by atoms with Crippen LogP contribution in [0.15, 0.2) is 29.2 Å². The van der Waals surface area contributed by atoms with Crippen molar-refractivity contribution in [2.24, 2.45) is 0 Å². The molecule has 0 aliphatic heterocycles. The van der Waals surface area contributed by atoms with Crippen molar-refractivity contribution in [1.82, 2.24) is 0 Å². The molecule has 0 radical (unpaired) electrons. The van der Waals surface area contributed by atoms with Gasteiger partial charge in [0.15, 0.2) is 0 Å². The van der Waals surface area contributed by atoms with Crippen LogP contribution in [0.3, 0.4) is 0 Å². The molecule has 1 aromatic carbocycles. The van der Waals surface area contributed by atoms with Gasteiger partial charge in [0, 0.05) is 4.90 Å². The van der Waals surface area contributed by atoms with Gasteiger partial charge in [-0.2, -0.15) is 0 Å². The molecule has 3 heteroatoms. The van der Waals surface area contributed by atoms with E-state index in [4.69, 9.17) is 11.6 Å². The van der Waals surface area contributed by atoms with Gasteiger partial charge < -0.3 is 0 Å². The van der Waals surface area contributed by atoms with Crippen LogP contribution in [0.2, 0.25) is 5.02 Å². The lowest BCUT2D eigenvalue weighted by molar-refractivity contribution is 0.606. The Labute approximate surface area is 68.4 Å². The van der Waals surface area contributed by atoms with E-state index in [-0.39, 0.29) is 0 Å². The maximum Gasteiger partial charge on any atom is 0.139 e. The summed E-state index contributed by atoms with van der Waals surface area (Å²) in [4.78, 5) is 0.798. The van der Waals surface area contributed by atoms with Crippen molar-refractivity contribution >= 4 is 23.4 Å². The van der Waals surface area contributed by atoms with E-state index in [9.17, 15) is 4.39 Å². The van der Waals surface area contributed by atoms with Gasteiger partial charge in [-0.1, -0.05) is 35.5 Å². The van der Waals surface area contributed by atoms with Crippen LogP contribution in [0.25, 0.3) is 0 Å². The predicted molar refractivity (Wildman–Crippen MR) is 43.3 cm³/mol. The molecule has 0 aliphatic carbocycles. The molecule has 0 fully saturated rings. The first-order valence-electron chi connectivity index (χ1n) is 2.78. The number of hydrogen-bond donors (Lipinski definition) is 0. The van der Waals surface area contributed by atoms with Crippen molar-refractivity contribution in [1.29, 1.82) is 0 Å². The van der Waals surface area contributed by atoms with Gasteiger partial charge >= 0.3 is 0 Å². The lowest BCUT2D eigenvalue weighted by atomic mass is 10.4. The maximum atomic E-state index is 11.8. The molecule has 10 heavy (non-hydrogen) atoms. The van der Waals surface area contributed by atoms with E-state index >= 15 is 0 Å². The summed E-state index contributed by atoms with van der Waals surface area (Å²) in [6.07, 6.45) is 0. The van der Waals surface area contributed by atoms with Crippen molar-refractivity contribution in [2.45, 2.75) is 4.90 Å². The van der Waals surface area contributed by atoms with Gasteiger partial charge in [0.05, 0.1) is 5.02 Å². The lowest BCUT2D eigenvalue weighted by Gasteiger charge is -1.97. The Hall–Kier alpha value is -0.210. The molecule has 54 valence electrons. The van der Waals surface area contributed by atoms with E-state index in [1.807, 2.05) is 12.1 Å². The third kappa shape index (κ3) is 1.89. The second-order valence-corrected chi connectivity index (χ2v) is 3.04. The molecule has 0 amide bonds. The smallest absolute Gasteiger partial charge is 0.139 e. The summed E-state index contributed by atoms with van der Waals surface area (Å²) in [5, 5.41) is 0.616. The molecular formula is C7H6ClFS. The van der Waals surface area contributed by atoms with Gasteiger partial charge in [-0.25, -0.2) is 4.39 Å². The summed E-state index contributed by atoms with van der Waals surface area (Å²) in [5.74, 6) is 0. The van der Waals surface area contributed by atoms with Crippen LogP contribution in [0.4, 0.5) is 4.39 Å². The highest BCUT2D eigenvalue weighted by Crippen LogP contribution is 2.26. The Bertz CT molecular complexity index is 215. The highest BCUT2D eigenvalue weighted by Gasteiger charge is 1.96. The molecule has 0 atom stereocenters. The molecule has 0 spiro atoms. The summed E-state index contributed by atoms with van der Waals surface area (Å²) in [7, 11) is 0. The van der Waals surface area contributed by atoms with Crippen molar-refractivity contribution < 1.29 is 4.39 Å². The molecule has 0 nitrogen and oxygen atoms in total. The van der Waals surface area contributed by atoms with Crippen molar-refractivity contribution in [3.05, 3.63) is 29.3 Å². The molecule has 0 aromatic heterocycles. The van der Waals surface area contributed by atoms with Crippen LogP contribution >= 0.6 is 23.4 Å². The maximum absolute atomic E-state index is 11.8. The lowest BCUT2D eigenvalue weighted by Crippen LogP contribution is -1.71. The number of thioether (sulfide) groups is 1. The van der Waals surface area contributed by atoms with Crippen LogP contribution < -0.4 is 0 Å². The van der Waals surface area contributed by atoms with Crippen LogP contribution in [0, 0.1) is 0 Å². The predicted octanol–water partition coefficient (Wildman–Crippen LogP) is 3.36. The molecule has 0 saturated carbocycles. The average molecular weight is 177 g/mol. The van der Waals surface area contributed by atoms with E-state index < -0.39 is 6.01 Å². The van der Waals surface area contributed by atoms with Crippen molar-refractivity contribution in [3.63, 3.8) is 0 Å². The largest absolute Gasteiger partial charge is 0.239 e. The number of rotatable bonds is 2. The highest BCUT2D eigenvalue weighted by atomic mass is 35.5. The standard InChI is InChI=1S/C7H6ClFS/c8-6-3-1-2-4-7(6)10-5-9/h1-4H,5H2. The zero-order chi connectivity index (χ0) is 7.40. The Morgan fingerprint density at radius 1 is 1.40 bits per heavy atom. The van der Waals surface area contributed by atoms with Crippen LogP contribution in [0.5, 0.6) is 0 Å². The second kappa shape index (κ2) is 3.84. The minimum atomic E-state index is -0.427. The first-order valence-corrected chi connectivity index (χ1v) is 4.14. The SMILES string of the molecule is FCSc1ccccc1Cl. The first kappa shape index (κ1) is 7.89. The monoisotopic (exact) mass is 176 g/mol. The summed E-state index contributed by atoms with van der Waals surface area (Å²) < 4.78 is 11.8. The van der Waals surface area contributed by atoms with E-state index in [0.717, 1.165) is 16.7 Å². The molecule has 1 aromatic rings. The van der Waals surface area contributed by atoms with E-state index in [0.29, 0.717) is 5.02 Å². The Balaban J connectivity index is 2.81. The summed E-state index contributed by atoms with van der Waals surface area (Å²) >= 11 is 6.82. The van der Waals surface area contributed by atoms with Crippen molar-refractivity contribution in [3.8, 4) is 0 Å². The highest BCUT2D eigenvalue weighted by molar-refractivity contribution is 7.99. The van der Waals surface area contributed by atoms with Gasteiger partial charge in [0.2, 0.25) is 0 Å². The van der Waals surface area contributed by atoms with Crippen LogP contribution in [0.1, 0.15) is 0 Å². The van der Waals surface area contributed by atoms with E-state index in [1.54, 1.807) is 12.1 Å². The zero-order valence-electron chi connectivity index (χ0n) is 5.18. The van der Waals surface area contributed by atoms with Gasteiger partial charge in [-0.05, 0) is 12.1 Å². The third-order valence-corrected chi connectivity index (χ3v) is 2.26. The average Bonchev–Trinajstić information content (AvgIpc) is 1.94. The zero-order valence-corrected chi connectivity index (χ0v) is 6.75. The van der Waals surface area contributed by atoms with E-state index in [2.05, 4.69) is 0 Å². The fourth-order valence-corrected chi connectivity index (χ4v) is 1.42. The van der Waals surface area contributed by atoms with Gasteiger partial charge in [-0.15, -0.1) is 0 Å². The fourth-order valence-electron chi connectivity index (χ4n) is 0.621. The minimum absolute atomic E-state index is 0.427. The van der Waals surface area contributed by atoms with Gasteiger partial charge in [0.25, 0.3) is 0 Å². The number of hydrogen-bond acceptors (Lipinski definition) is 1. The third-order valence-electron chi connectivity index (χ3n) is 1.05. The fraction of sp³-hybridized carbons (Fsp3) is 0.143. The number of alkyl halides is 1. The van der Waals surface area contributed by atoms with E-state index in [1.165, 1.54) is 0 Å². The van der Waals surface area contributed by atoms with Gasteiger partial charge in [-0.3, -0.25) is 0 Å². The quantitative estimate of drug-likeness (QED) is 0.623. The first-order chi connectivity index (χ1) is 4.84. The normalized spacial score (nSPS) is 9.80. The molecule has 0 saturated heterocycles.